The van der Waals surface area contributed by atoms with Crippen molar-refractivity contribution in [3.63, 3.8) is 0 Å². The molecule has 0 spiro atoms. The van der Waals surface area contributed by atoms with E-state index in [-0.39, 0.29) is 24.4 Å². The van der Waals surface area contributed by atoms with Crippen LogP contribution in [0.4, 0.5) is 5.69 Å². The van der Waals surface area contributed by atoms with Crippen molar-refractivity contribution in [2.75, 3.05) is 5.73 Å². The highest BCUT2D eigenvalue weighted by atomic mass is 35.5. The number of carbonyl (C=O) groups excluding carboxylic acids is 1. The predicted octanol–water partition coefficient (Wildman–Crippen LogP) is 3.73. The lowest BCUT2D eigenvalue weighted by atomic mass is 10.1. The number of aryl methyl sites for hydroxylation is 2. The molecule has 0 saturated carbocycles. The second-order valence-electron chi connectivity index (χ2n) is 5.17. The largest absolute Gasteiger partial charge is 0.399 e. The second kappa shape index (κ2) is 7.48. The molecule has 0 aliphatic rings. The maximum absolute atomic E-state index is 12.3. The number of thiophene rings is 1. The second-order valence-corrected chi connectivity index (χ2v) is 6.54. The van der Waals surface area contributed by atoms with Crippen LogP contribution in [0.5, 0.6) is 0 Å². The third kappa shape index (κ3) is 4.76. The molecule has 0 radical (unpaired) electrons. The molecule has 3 nitrogen and oxygen atoms in total. The van der Waals surface area contributed by atoms with Crippen molar-refractivity contribution in [3.05, 3.63) is 51.2 Å². The van der Waals surface area contributed by atoms with E-state index in [4.69, 9.17) is 5.73 Å². The molecule has 1 aromatic heterocycles. The number of nitrogen functional groups attached to an aromatic ring is 1. The maximum Gasteiger partial charge on any atom is 0.251 e. The molecule has 0 aliphatic heterocycles. The summed E-state index contributed by atoms with van der Waals surface area (Å²) in [6.07, 6.45) is 0.853. The first-order valence-corrected chi connectivity index (χ1v) is 7.49. The van der Waals surface area contributed by atoms with Crippen LogP contribution in [0.1, 0.15) is 32.6 Å². The number of rotatable bonds is 4. The monoisotopic (exact) mass is 324 g/mol. The lowest BCUT2D eigenvalue weighted by Crippen LogP contribution is -2.34. The minimum Gasteiger partial charge on any atom is -0.399 e. The van der Waals surface area contributed by atoms with E-state index in [0.29, 0.717) is 11.3 Å². The predicted molar refractivity (Wildman–Crippen MR) is 92.5 cm³/mol. The molecule has 1 atom stereocenters. The molecule has 5 heteroatoms. The molecule has 0 fully saturated rings. The van der Waals surface area contributed by atoms with E-state index < -0.39 is 0 Å². The lowest BCUT2D eigenvalue weighted by Gasteiger charge is -2.14. The fraction of sp³-hybridized carbons (Fsp3) is 0.312. The molecule has 0 aliphatic carbocycles. The van der Waals surface area contributed by atoms with Gasteiger partial charge in [-0.2, -0.15) is 0 Å². The molecule has 1 heterocycles. The fourth-order valence-electron chi connectivity index (χ4n) is 2.13. The van der Waals surface area contributed by atoms with Gasteiger partial charge in [0.15, 0.2) is 0 Å². The van der Waals surface area contributed by atoms with Gasteiger partial charge in [0.05, 0.1) is 0 Å². The summed E-state index contributed by atoms with van der Waals surface area (Å²) in [6.45, 7) is 6.03. The highest BCUT2D eigenvalue weighted by molar-refractivity contribution is 7.11. The van der Waals surface area contributed by atoms with Gasteiger partial charge in [-0.15, -0.1) is 23.7 Å². The number of nitrogens with one attached hydrogen (secondary N) is 1. The Hall–Kier alpha value is -1.52. The number of anilines is 1. The van der Waals surface area contributed by atoms with Gasteiger partial charge in [0.25, 0.3) is 5.91 Å². The molecule has 1 amide bonds. The molecular weight excluding hydrogens is 304 g/mol. The zero-order valence-electron chi connectivity index (χ0n) is 12.5. The van der Waals surface area contributed by atoms with Crippen LogP contribution in [0.2, 0.25) is 0 Å². The van der Waals surface area contributed by atoms with E-state index in [1.165, 1.54) is 9.75 Å². The first kappa shape index (κ1) is 17.5. The highest BCUT2D eigenvalue weighted by Crippen LogP contribution is 2.17. The lowest BCUT2D eigenvalue weighted by molar-refractivity contribution is 0.0939. The Morgan fingerprint density at radius 2 is 2.00 bits per heavy atom. The number of benzene rings is 1. The summed E-state index contributed by atoms with van der Waals surface area (Å²) in [5.74, 6) is -0.0596. The van der Waals surface area contributed by atoms with Gasteiger partial charge in [-0.1, -0.05) is 6.07 Å². The summed E-state index contributed by atoms with van der Waals surface area (Å²) < 4.78 is 0. The van der Waals surface area contributed by atoms with E-state index in [2.05, 4.69) is 24.4 Å². The Bertz CT molecular complexity index is 624. The van der Waals surface area contributed by atoms with E-state index >= 15 is 0 Å². The third-order valence-corrected chi connectivity index (χ3v) is 4.21. The van der Waals surface area contributed by atoms with Crippen molar-refractivity contribution in [2.45, 2.75) is 33.2 Å². The van der Waals surface area contributed by atoms with Crippen LogP contribution in [0.15, 0.2) is 30.3 Å². The van der Waals surface area contributed by atoms with Crippen LogP contribution in [0.25, 0.3) is 0 Å². The van der Waals surface area contributed by atoms with Crippen LogP contribution in [0.3, 0.4) is 0 Å². The SMILES string of the molecule is Cc1ccc(CC(C)NC(=O)c2cc(N)ccc2C)s1.Cl. The topological polar surface area (TPSA) is 55.1 Å². The maximum atomic E-state index is 12.3. The van der Waals surface area contributed by atoms with Crippen molar-refractivity contribution in [1.82, 2.24) is 5.32 Å². The van der Waals surface area contributed by atoms with Crippen LogP contribution < -0.4 is 11.1 Å². The van der Waals surface area contributed by atoms with E-state index in [0.717, 1.165) is 12.0 Å². The van der Waals surface area contributed by atoms with Gasteiger partial charge in [-0.05, 0) is 50.6 Å². The molecule has 21 heavy (non-hydrogen) atoms. The van der Waals surface area contributed by atoms with Crippen LogP contribution in [-0.4, -0.2) is 11.9 Å². The van der Waals surface area contributed by atoms with Gasteiger partial charge in [0.1, 0.15) is 0 Å². The Balaban J connectivity index is 0.00000220. The number of carbonyl (C=O) groups is 1. The molecule has 2 aromatic rings. The smallest absolute Gasteiger partial charge is 0.251 e. The van der Waals surface area contributed by atoms with Crippen LogP contribution in [0, 0.1) is 13.8 Å². The van der Waals surface area contributed by atoms with Gasteiger partial charge in [0, 0.05) is 33.5 Å². The summed E-state index contributed by atoms with van der Waals surface area (Å²) in [5, 5.41) is 3.03. The average molecular weight is 325 g/mol. The summed E-state index contributed by atoms with van der Waals surface area (Å²) in [5.41, 5.74) is 7.95. The van der Waals surface area contributed by atoms with Gasteiger partial charge >= 0.3 is 0 Å². The molecule has 1 unspecified atom stereocenters. The van der Waals surface area contributed by atoms with Crippen molar-refractivity contribution in [1.29, 1.82) is 0 Å². The van der Waals surface area contributed by atoms with E-state index in [9.17, 15) is 4.79 Å². The number of hydrogen-bond acceptors (Lipinski definition) is 3. The molecule has 0 saturated heterocycles. The van der Waals surface area contributed by atoms with Gasteiger partial charge < -0.3 is 11.1 Å². The average Bonchev–Trinajstić information content (AvgIpc) is 2.77. The summed E-state index contributed by atoms with van der Waals surface area (Å²) in [7, 11) is 0. The molecule has 3 N–H and O–H groups in total. The Morgan fingerprint density at radius 3 is 2.62 bits per heavy atom. The number of hydrogen-bond donors (Lipinski definition) is 2. The molecule has 0 bridgehead atoms. The minimum absolute atomic E-state index is 0. The third-order valence-electron chi connectivity index (χ3n) is 3.19. The normalized spacial score (nSPS) is 11.6. The molecule has 2 rings (SSSR count). The van der Waals surface area contributed by atoms with Crippen LogP contribution >= 0.6 is 23.7 Å². The van der Waals surface area contributed by atoms with Gasteiger partial charge in [0.2, 0.25) is 0 Å². The Labute approximate surface area is 136 Å². The zero-order valence-corrected chi connectivity index (χ0v) is 14.1. The Morgan fingerprint density at radius 1 is 1.29 bits per heavy atom. The fourth-order valence-corrected chi connectivity index (χ4v) is 3.15. The number of nitrogens with two attached hydrogens (primary N) is 1. The molecular formula is C16H21ClN2OS. The first-order chi connectivity index (χ1) is 9.45. The summed E-state index contributed by atoms with van der Waals surface area (Å²) in [4.78, 5) is 14.8. The van der Waals surface area contributed by atoms with E-state index in [1.54, 1.807) is 17.4 Å². The Kier molecular flexibility index (Phi) is 6.24. The standard InChI is InChI=1S/C16H20N2OS.ClH/c1-10-4-6-13(17)9-15(10)16(19)18-11(2)8-14-7-5-12(3)20-14;/h4-7,9,11H,8,17H2,1-3H3,(H,18,19);1H. The highest BCUT2D eigenvalue weighted by Gasteiger charge is 2.13. The van der Waals surface area contributed by atoms with Gasteiger partial charge in [-0.25, -0.2) is 0 Å². The van der Waals surface area contributed by atoms with Crippen LogP contribution in [-0.2, 0) is 6.42 Å². The quantitative estimate of drug-likeness (QED) is 0.842. The number of halogens is 1. The minimum atomic E-state index is -0.0596. The van der Waals surface area contributed by atoms with E-state index in [1.807, 2.05) is 26.0 Å². The summed E-state index contributed by atoms with van der Waals surface area (Å²) >= 11 is 1.77. The van der Waals surface area contributed by atoms with Crippen molar-refractivity contribution in [3.8, 4) is 0 Å². The molecule has 1 aromatic carbocycles. The first-order valence-electron chi connectivity index (χ1n) is 6.68. The van der Waals surface area contributed by atoms with Gasteiger partial charge in [-0.3, -0.25) is 4.79 Å². The zero-order chi connectivity index (χ0) is 14.7. The van der Waals surface area contributed by atoms with Crippen molar-refractivity contribution in [2.24, 2.45) is 0 Å². The number of amides is 1. The van der Waals surface area contributed by atoms with Crippen molar-refractivity contribution >= 4 is 35.3 Å². The molecule has 114 valence electrons. The summed E-state index contributed by atoms with van der Waals surface area (Å²) in [6, 6.07) is 9.74. The van der Waals surface area contributed by atoms with Crippen molar-refractivity contribution < 1.29 is 4.79 Å².